The van der Waals surface area contributed by atoms with Crippen LogP contribution in [0.25, 0.3) is 11.1 Å². The van der Waals surface area contributed by atoms with Crippen molar-refractivity contribution in [2.45, 2.75) is 12.2 Å². The van der Waals surface area contributed by atoms with Crippen molar-refractivity contribution < 1.29 is 14.1 Å². The van der Waals surface area contributed by atoms with Gasteiger partial charge in [-0.05, 0) is 23.8 Å². The molecule has 1 aromatic heterocycles. The predicted molar refractivity (Wildman–Crippen MR) is 88.8 cm³/mol. The highest BCUT2D eigenvalue weighted by Crippen LogP contribution is 2.53. The number of nitro benzene ring substituents is 1. The second-order valence-corrected chi connectivity index (χ2v) is 6.51. The molecule has 4 rings (SSSR count). The van der Waals surface area contributed by atoms with Crippen LogP contribution in [-0.2, 0) is 11.8 Å². The summed E-state index contributed by atoms with van der Waals surface area (Å²) in [6, 6.07) is 10.5. The molecular weight excluding hydrogens is 380 g/mol. The molecule has 0 aliphatic carbocycles. The molecule has 7 nitrogen and oxygen atoms in total. The van der Waals surface area contributed by atoms with Crippen molar-refractivity contribution in [2.24, 2.45) is 7.05 Å². The van der Waals surface area contributed by atoms with Crippen LogP contribution in [0.4, 0.5) is 5.69 Å². The molecule has 2 atom stereocenters. The second kappa shape index (κ2) is 5.29. The van der Waals surface area contributed by atoms with Crippen LogP contribution >= 0.6 is 15.9 Å². The number of benzene rings is 2. The van der Waals surface area contributed by atoms with Crippen molar-refractivity contribution in [3.05, 3.63) is 72.7 Å². The quantitative estimate of drug-likeness (QED) is 0.387. The summed E-state index contributed by atoms with van der Waals surface area (Å²) in [7, 11) is 1.56. The van der Waals surface area contributed by atoms with Gasteiger partial charge in [0.2, 0.25) is 0 Å². The number of aryl methyl sites for hydroxylation is 1. The van der Waals surface area contributed by atoms with Crippen LogP contribution < -0.4 is 5.76 Å². The van der Waals surface area contributed by atoms with Crippen LogP contribution in [0.1, 0.15) is 23.3 Å². The summed E-state index contributed by atoms with van der Waals surface area (Å²) >= 11 is 3.40. The fourth-order valence-corrected chi connectivity index (χ4v) is 3.27. The average molecular weight is 391 g/mol. The van der Waals surface area contributed by atoms with Crippen molar-refractivity contribution in [3.8, 4) is 0 Å². The summed E-state index contributed by atoms with van der Waals surface area (Å²) in [5.74, 6) is -0.559. The van der Waals surface area contributed by atoms with Crippen LogP contribution in [-0.4, -0.2) is 9.49 Å². The number of hydrogen-bond donors (Lipinski definition) is 0. The van der Waals surface area contributed by atoms with E-state index in [-0.39, 0.29) is 17.4 Å². The van der Waals surface area contributed by atoms with Crippen molar-refractivity contribution in [2.75, 3.05) is 0 Å². The highest BCUT2D eigenvalue weighted by Gasteiger charge is 2.45. The third-order valence-electron chi connectivity index (χ3n) is 4.11. The molecule has 2 heterocycles. The Kier molecular flexibility index (Phi) is 3.33. The number of nitrogens with zero attached hydrogens (tertiary/aromatic N) is 2. The van der Waals surface area contributed by atoms with Crippen LogP contribution in [0, 0.1) is 10.1 Å². The summed E-state index contributed by atoms with van der Waals surface area (Å²) < 4.78 is 12.9. The first-order chi connectivity index (χ1) is 11.5. The van der Waals surface area contributed by atoms with Crippen LogP contribution in [0.2, 0.25) is 0 Å². The zero-order valence-electron chi connectivity index (χ0n) is 12.4. The zero-order chi connectivity index (χ0) is 17.0. The fraction of sp³-hybridized carbons (Fsp3) is 0.188. The van der Waals surface area contributed by atoms with E-state index in [1.165, 1.54) is 10.6 Å². The van der Waals surface area contributed by atoms with Crippen molar-refractivity contribution in [1.82, 2.24) is 4.57 Å². The summed E-state index contributed by atoms with van der Waals surface area (Å²) in [5.41, 5.74) is 1.96. The molecule has 0 N–H and O–H groups in total. The molecule has 0 radical (unpaired) electrons. The number of epoxide rings is 1. The molecular formula is C16H11BrN2O5. The van der Waals surface area contributed by atoms with Crippen LogP contribution in [0.5, 0.6) is 0 Å². The van der Waals surface area contributed by atoms with Gasteiger partial charge in [-0.2, -0.15) is 0 Å². The van der Waals surface area contributed by atoms with Crippen molar-refractivity contribution in [3.63, 3.8) is 0 Å². The van der Waals surface area contributed by atoms with Crippen molar-refractivity contribution in [1.29, 1.82) is 0 Å². The third kappa shape index (κ3) is 2.35. The monoisotopic (exact) mass is 390 g/mol. The molecule has 1 aliphatic rings. The molecule has 24 heavy (non-hydrogen) atoms. The zero-order valence-corrected chi connectivity index (χ0v) is 14.0. The van der Waals surface area contributed by atoms with Gasteiger partial charge in [0, 0.05) is 11.5 Å². The maximum absolute atomic E-state index is 11.6. The molecule has 1 aliphatic heterocycles. The fourth-order valence-electron chi connectivity index (χ4n) is 2.85. The normalized spacial score (nSPS) is 19.6. The van der Waals surface area contributed by atoms with Gasteiger partial charge in [-0.3, -0.25) is 14.7 Å². The summed E-state index contributed by atoms with van der Waals surface area (Å²) in [5, 5.41) is 11.4. The Labute approximate surface area is 143 Å². The first-order valence-corrected chi connectivity index (χ1v) is 7.94. The van der Waals surface area contributed by atoms with Gasteiger partial charge in [-0.15, -0.1) is 0 Å². The number of nitro groups is 1. The molecule has 0 spiro atoms. The SMILES string of the molecule is Cn1c(=O)oc2cc([N+](=O)[O-])c(C3OC3c3cccc(Br)c3)cc21. The van der Waals surface area contributed by atoms with Gasteiger partial charge >= 0.3 is 5.76 Å². The number of halogens is 1. The molecule has 3 aromatic rings. The largest absolute Gasteiger partial charge is 0.419 e. The molecule has 2 aromatic carbocycles. The lowest BCUT2D eigenvalue weighted by atomic mass is 10.0. The Morgan fingerprint density at radius 3 is 2.75 bits per heavy atom. The van der Waals surface area contributed by atoms with E-state index in [1.807, 2.05) is 24.3 Å². The lowest BCUT2D eigenvalue weighted by molar-refractivity contribution is -0.385. The second-order valence-electron chi connectivity index (χ2n) is 5.60. The molecule has 1 fully saturated rings. The molecule has 122 valence electrons. The van der Waals surface area contributed by atoms with Gasteiger partial charge in [0.05, 0.1) is 22.1 Å². The average Bonchev–Trinajstić information content (AvgIpc) is 3.29. The highest BCUT2D eigenvalue weighted by molar-refractivity contribution is 9.10. The summed E-state index contributed by atoms with van der Waals surface area (Å²) in [4.78, 5) is 22.5. The number of rotatable bonds is 3. The Morgan fingerprint density at radius 1 is 1.25 bits per heavy atom. The van der Waals surface area contributed by atoms with E-state index < -0.39 is 16.8 Å². The van der Waals surface area contributed by atoms with Gasteiger partial charge in [0.1, 0.15) is 12.2 Å². The lowest BCUT2D eigenvalue weighted by Gasteiger charge is -2.01. The van der Waals surface area contributed by atoms with E-state index in [4.69, 9.17) is 9.15 Å². The van der Waals surface area contributed by atoms with Gasteiger partial charge in [0.25, 0.3) is 5.69 Å². The van der Waals surface area contributed by atoms with Gasteiger partial charge in [-0.1, -0.05) is 28.1 Å². The Balaban J connectivity index is 1.81. The Hall–Kier alpha value is -2.45. The summed E-state index contributed by atoms with van der Waals surface area (Å²) in [6.07, 6.45) is -0.670. The standard InChI is InChI=1S/C16H11BrN2O5/c1-18-12-6-10(11(19(21)22)7-13(12)23-16(18)20)15-14(24-15)8-3-2-4-9(17)5-8/h2-7,14-15H,1H3. The minimum Gasteiger partial charge on any atom is -0.407 e. The molecule has 8 heteroatoms. The molecule has 2 unspecified atom stereocenters. The number of fused-ring (bicyclic) bond motifs is 1. The van der Waals surface area contributed by atoms with E-state index in [0.717, 1.165) is 10.0 Å². The van der Waals surface area contributed by atoms with E-state index in [9.17, 15) is 14.9 Å². The van der Waals surface area contributed by atoms with Gasteiger partial charge in [0.15, 0.2) is 5.58 Å². The molecule has 0 amide bonds. The molecule has 0 bridgehead atoms. The minimum atomic E-state index is -0.559. The van der Waals surface area contributed by atoms with Crippen LogP contribution in [0.15, 0.2) is 50.1 Å². The van der Waals surface area contributed by atoms with Gasteiger partial charge in [-0.25, -0.2) is 4.79 Å². The highest BCUT2D eigenvalue weighted by atomic mass is 79.9. The van der Waals surface area contributed by atoms with E-state index in [0.29, 0.717) is 11.1 Å². The van der Waals surface area contributed by atoms with E-state index >= 15 is 0 Å². The van der Waals surface area contributed by atoms with Crippen molar-refractivity contribution >= 4 is 32.7 Å². The van der Waals surface area contributed by atoms with E-state index in [2.05, 4.69) is 15.9 Å². The number of hydrogen-bond acceptors (Lipinski definition) is 5. The van der Waals surface area contributed by atoms with Gasteiger partial charge < -0.3 is 9.15 Å². The lowest BCUT2D eigenvalue weighted by Crippen LogP contribution is -2.08. The first kappa shape index (κ1) is 15.1. The number of ether oxygens (including phenoxy) is 1. The van der Waals surface area contributed by atoms with Crippen LogP contribution in [0.3, 0.4) is 0 Å². The smallest absolute Gasteiger partial charge is 0.407 e. The summed E-state index contributed by atoms with van der Waals surface area (Å²) in [6.45, 7) is 0. The Morgan fingerprint density at radius 2 is 2.04 bits per heavy atom. The molecule has 1 saturated heterocycles. The number of aromatic nitrogens is 1. The molecule has 0 saturated carbocycles. The first-order valence-electron chi connectivity index (χ1n) is 7.14. The number of oxazole rings is 1. The topological polar surface area (TPSA) is 90.8 Å². The maximum atomic E-state index is 11.6. The van der Waals surface area contributed by atoms with E-state index in [1.54, 1.807) is 13.1 Å². The minimum absolute atomic E-state index is 0.112. The predicted octanol–water partition coefficient (Wildman–Crippen LogP) is 3.61. The Bertz CT molecular complexity index is 1040. The maximum Gasteiger partial charge on any atom is 0.419 e. The third-order valence-corrected chi connectivity index (χ3v) is 4.61.